The molecule has 0 saturated heterocycles. The Kier molecular flexibility index (Phi) is 3.82. The van der Waals surface area contributed by atoms with Crippen molar-refractivity contribution in [3.05, 3.63) is 18.5 Å². The molecule has 1 aromatic rings. The van der Waals surface area contributed by atoms with E-state index < -0.39 is 10.0 Å². The van der Waals surface area contributed by atoms with E-state index in [-0.39, 0.29) is 10.3 Å². The molecule has 0 amide bonds. The lowest BCUT2D eigenvalue weighted by molar-refractivity contribution is 0.537. The fraction of sp³-hybridized carbons (Fsp3) is 0.615. The number of nitrogens with one attached hydrogen (secondary N) is 2. The molecular weight excluding hydrogens is 262 g/mol. The monoisotopic (exact) mass is 283 g/mol. The molecule has 1 heterocycles. The van der Waals surface area contributed by atoms with E-state index in [4.69, 9.17) is 0 Å². The van der Waals surface area contributed by atoms with E-state index in [9.17, 15) is 8.42 Å². The Morgan fingerprint density at radius 3 is 2.74 bits per heavy atom. The van der Waals surface area contributed by atoms with Crippen LogP contribution in [0.1, 0.15) is 27.2 Å². The summed E-state index contributed by atoms with van der Waals surface area (Å²) < 4.78 is 27.2. The number of pyridine rings is 1. The normalized spacial score (nSPS) is 21.1. The Balaban J connectivity index is 2.11. The minimum atomic E-state index is -3.49. The highest BCUT2D eigenvalue weighted by Gasteiger charge is 2.45. The van der Waals surface area contributed by atoms with Crippen LogP contribution in [0.4, 0.5) is 5.69 Å². The van der Waals surface area contributed by atoms with Gasteiger partial charge in [0.2, 0.25) is 10.0 Å². The number of sulfonamides is 1. The lowest BCUT2D eigenvalue weighted by Gasteiger charge is -2.12. The molecule has 1 atom stereocenters. The van der Waals surface area contributed by atoms with Crippen LogP contribution in [0.2, 0.25) is 0 Å². The number of hydrogen-bond donors (Lipinski definition) is 2. The molecule has 0 spiro atoms. The standard InChI is InChI=1S/C13H21N3O2S/c1-4-15-11-5-6-14-9-12(11)19(17,18)16-8-10-7-13(10,2)3/h5-6,9-10,16H,4,7-8H2,1-3H3,(H,14,15). The van der Waals surface area contributed by atoms with Crippen LogP contribution in [-0.4, -0.2) is 26.5 Å². The molecule has 1 saturated carbocycles. The molecule has 1 aromatic heterocycles. The molecule has 5 nitrogen and oxygen atoms in total. The third-order valence-electron chi connectivity index (χ3n) is 3.68. The second-order valence-electron chi connectivity index (χ2n) is 5.64. The van der Waals surface area contributed by atoms with E-state index in [0.29, 0.717) is 24.7 Å². The summed E-state index contributed by atoms with van der Waals surface area (Å²) in [7, 11) is -3.49. The van der Waals surface area contributed by atoms with Crippen LogP contribution < -0.4 is 10.0 Å². The smallest absolute Gasteiger partial charge is 0.244 e. The molecule has 2 rings (SSSR count). The van der Waals surface area contributed by atoms with Crippen LogP contribution in [0.15, 0.2) is 23.4 Å². The van der Waals surface area contributed by atoms with Gasteiger partial charge in [0.05, 0.1) is 5.69 Å². The van der Waals surface area contributed by atoms with Gasteiger partial charge in [-0.15, -0.1) is 0 Å². The summed E-state index contributed by atoms with van der Waals surface area (Å²) in [5.74, 6) is 0.432. The van der Waals surface area contributed by atoms with Crippen molar-refractivity contribution in [2.75, 3.05) is 18.4 Å². The number of anilines is 1. The molecular formula is C13H21N3O2S. The lowest BCUT2D eigenvalue weighted by Crippen LogP contribution is -2.27. The fourth-order valence-electron chi connectivity index (χ4n) is 2.14. The Morgan fingerprint density at radius 2 is 2.16 bits per heavy atom. The highest BCUT2D eigenvalue weighted by Crippen LogP contribution is 2.51. The first-order valence-electron chi connectivity index (χ1n) is 6.54. The molecule has 1 unspecified atom stereocenters. The van der Waals surface area contributed by atoms with Gasteiger partial charge in [0.25, 0.3) is 0 Å². The topological polar surface area (TPSA) is 71.1 Å². The van der Waals surface area contributed by atoms with E-state index in [0.717, 1.165) is 6.42 Å². The molecule has 0 radical (unpaired) electrons. The predicted molar refractivity (Wildman–Crippen MR) is 75.5 cm³/mol. The van der Waals surface area contributed by atoms with Crippen LogP contribution in [0.3, 0.4) is 0 Å². The molecule has 6 heteroatoms. The zero-order valence-electron chi connectivity index (χ0n) is 11.6. The minimum absolute atomic E-state index is 0.218. The quantitative estimate of drug-likeness (QED) is 0.835. The van der Waals surface area contributed by atoms with E-state index in [2.05, 4.69) is 28.9 Å². The van der Waals surface area contributed by atoms with E-state index in [1.165, 1.54) is 6.20 Å². The van der Waals surface area contributed by atoms with Gasteiger partial charge in [-0.25, -0.2) is 13.1 Å². The van der Waals surface area contributed by atoms with Crippen molar-refractivity contribution in [2.45, 2.75) is 32.1 Å². The summed E-state index contributed by atoms with van der Waals surface area (Å²) in [6, 6.07) is 1.68. The second-order valence-corrected chi connectivity index (χ2v) is 7.38. The molecule has 1 aliphatic carbocycles. The first-order valence-corrected chi connectivity index (χ1v) is 8.02. The van der Waals surface area contributed by atoms with Crippen LogP contribution >= 0.6 is 0 Å². The maximum atomic E-state index is 12.3. The maximum absolute atomic E-state index is 12.3. The summed E-state index contributed by atoms with van der Waals surface area (Å²) in [6.07, 6.45) is 4.04. The van der Waals surface area contributed by atoms with Crippen molar-refractivity contribution in [2.24, 2.45) is 11.3 Å². The summed E-state index contributed by atoms with van der Waals surface area (Å²) in [5, 5.41) is 3.04. The Hall–Kier alpha value is -1.14. The summed E-state index contributed by atoms with van der Waals surface area (Å²) in [6.45, 7) is 7.40. The first kappa shape index (κ1) is 14.3. The summed E-state index contributed by atoms with van der Waals surface area (Å²) in [5.41, 5.74) is 0.863. The molecule has 0 aliphatic heterocycles. The van der Waals surface area contributed by atoms with Crippen molar-refractivity contribution in [1.82, 2.24) is 9.71 Å². The summed E-state index contributed by atoms with van der Waals surface area (Å²) >= 11 is 0. The van der Waals surface area contributed by atoms with E-state index >= 15 is 0 Å². The number of rotatable bonds is 6. The number of nitrogens with zero attached hydrogens (tertiary/aromatic N) is 1. The third kappa shape index (κ3) is 3.25. The summed E-state index contributed by atoms with van der Waals surface area (Å²) in [4.78, 5) is 4.12. The van der Waals surface area contributed by atoms with Crippen LogP contribution in [0.25, 0.3) is 0 Å². The van der Waals surface area contributed by atoms with Crippen LogP contribution in [0.5, 0.6) is 0 Å². The Bertz CT molecular complexity index is 555. The van der Waals surface area contributed by atoms with Crippen LogP contribution in [-0.2, 0) is 10.0 Å². The first-order chi connectivity index (χ1) is 8.87. The molecule has 19 heavy (non-hydrogen) atoms. The van der Waals surface area contributed by atoms with E-state index in [1.54, 1.807) is 12.3 Å². The molecule has 106 valence electrons. The van der Waals surface area contributed by atoms with Crippen molar-refractivity contribution in [3.63, 3.8) is 0 Å². The van der Waals surface area contributed by atoms with Crippen molar-refractivity contribution in [1.29, 1.82) is 0 Å². The Labute approximate surface area is 114 Å². The van der Waals surface area contributed by atoms with Gasteiger partial charge in [-0.2, -0.15) is 0 Å². The lowest BCUT2D eigenvalue weighted by atomic mass is 10.1. The predicted octanol–water partition coefficient (Wildman–Crippen LogP) is 1.84. The van der Waals surface area contributed by atoms with Gasteiger partial charge in [-0.3, -0.25) is 4.98 Å². The van der Waals surface area contributed by atoms with E-state index in [1.807, 2.05) is 6.92 Å². The fourth-order valence-corrected chi connectivity index (χ4v) is 3.35. The molecule has 0 bridgehead atoms. The van der Waals surface area contributed by atoms with Gasteiger partial charge < -0.3 is 5.32 Å². The average Bonchev–Trinajstić information content (AvgIpc) is 2.96. The van der Waals surface area contributed by atoms with Crippen molar-refractivity contribution in [3.8, 4) is 0 Å². The molecule has 0 aromatic carbocycles. The van der Waals surface area contributed by atoms with Gasteiger partial charge >= 0.3 is 0 Å². The van der Waals surface area contributed by atoms with Crippen LogP contribution in [0, 0.1) is 11.3 Å². The van der Waals surface area contributed by atoms with Gasteiger partial charge in [0.15, 0.2) is 0 Å². The Morgan fingerprint density at radius 1 is 1.47 bits per heavy atom. The average molecular weight is 283 g/mol. The zero-order valence-corrected chi connectivity index (χ0v) is 12.4. The molecule has 2 N–H and O–H groups in total. The highest BCUT2D eigenvalue weighted by molar-refractivity contribution is 7.89. The largest absolute Gasteiger partial charge is 0.384 e. The molecule has 1 aliphatic rings. The number of hydrogen-bond acceptors (Lipinski definition) is 4. The van der Waals surface area contributed by atoms with Gasteiger partial charge in [0.1, 0.15) is 4.90 Å². The maximum Gasteiger partial charge on any atom is 0.244 e. The minimum Gasteiger partial charge on any atom is -0.384 e. The second kappa shape index (κ2) is 5.09. The highest BCUT2D eigenvalue weighted by atomic mass is 32.2. The SMILES string of the molecule is CCNc1ccncc1S(=O)(=O)NCC1CC1(C)C. The third-order valence-corrected chi connectivity index (χ3v) is 5.13. The number of aromatic nitrogens is 1. The van der Waals surface area contributed by atoms with Gasteiger partial charge in [-0.05, 0) is 30.7 Å². The molecule has 1 fully saturated rings. The van der Waals surface area contributed by atoms with Gasteiger partial charge in [0, 0.05) is 25.5 Å². The zero-order chi connectivity index (χ0) is 14.1. The van der Waals surface area contributed by atoms with Crippen molar-refractivity contribution >= 4 is 15.7 Å². The van der Waals surface area contributed by atoms with Gasteiger partial charge in [-0.1, -0.05) is 13.8 Å². The van der Waals surface area contributed by atoms with Crippen molar-refractivity contribution < 1.29 is 8.42 Å².